The minimum atomic E-state index is 0.286. The lowest BCUT2D eigenvalue weighted by Crippen LogP contribution is -2.35. The molecule has 1 N–H and O–H groups in total. The molecule has 1 aromatic carbocycles. The molecular weight excluding hydrogens is 278 g/mol. The summed E-state index contributed by atoms with van der Waals surface area (Å²) in [4.78, 5) is 10.7. The number of hydrogen-bond donors (Lipinski definition) is 1. The van der Waals surface area contributed by atoms with Gasteiger partial charge in [0.05, 0.1) is 13.2 Å². The lowest BCUT2D eigenvalue weighted by Gasteiger charge is -2.26. The summed E-state index contributed by atoms with van der Waals surface area (Å²) in [5, 5.41) is 10.4. The van der Waals surface area contributed by atoms with E-state index in [1.54, 1.807) is 12.4 Å². The summed E-state index contributed by atoms with van der Waals surface area (Å²) in [5.74, 6) is 0.911. The number of hydrogen-bond acceptors (Lipinski definition) is 5. The fourth-order valence-electron chi connectivity index (χ4n) is 2.41. The summed E-state index contributed by atoms with van der Waals surface area (Å²) in [6, 6.07) is 11.3. The molecule has 0 saturated carbocycles. The minimum Gasteiger partial charge on any atom is -0.507 e. The van der Waals surface area contributed by atoms with Crippen LogP contribution in [-0.4, -0.2) is 47.5 Å². The summed E-state index contributed by atoms with van der Waals surface area (Å²) in [7, 11) is 0. The molecule has 1 aliphatic heterocycles. The quantitative estimate of drug-likeness (QED) is 0.880. The summed E-state index contributed by atoms with van der Waals surface area (Å²) < 4.78 is 5.35. The standard InChI is InChI=1S/C17H19N3O2/c21-17-14(12-19-16-6-1-2-7-18-16)4-3-5-15(17)13-20-8-10-22-11-9-20/h1-7,12,21H,8-11,13H2. The molecule has 2 heterocycles. The van der Waals surface area contributed by atoms with Crippen molar-refractivity contribution in [1.29, 1.82) is 0 Å². The van der Waals surface area contributed by atoms with E-state index in [0.29, 0.717) is 11.4 Å². The third-order valence-corrected chi connectivity index (χ3v) is 3.63. The van der Waals surface area contributed by atoms with Crippen LogP contribution in [0.15, 0.2) is 47.6 Å². The molecule has 1 aliphatic rings. The number of pyridine rings is 1. The highest BCUT2D eigenvalue weighted by Gasteiger charge is 2.13. The number of aliphatic imine (C=N–C) groups is 1. The van der Waals surface area contributed by atoms with Gasteiger partial charge in [-0.2, -0.15) is 0 Å². The normalized spacial score (nSPS) is 16.2. The number of rotatable bonds is 4. The highest BCUT2D eigenvalue weighted by atomic mass is 16.5. The van der Waals surface area contributed by atoms with Gasteiger partial charge in [0.15, 0.2) is 5.82 Å². The van der Waals surface area contributed by atoms with Crippen molar-refractivity contribution in [3.63, 3.8) is 0 Å². The molecule has 5 nitrogen and oxygen atoms in total. The van der Waals surface area contributed by atoms with Gasteiger partial charge < -0.3 is 9.84 Å². The summed E-state index contributed by atoms with van der Waals surface area (Å²) >= 11 is 0. The molecule has 3 rings (SSSR count). The third-order valence-electron chi connectivity index (χ3n) is 3.63. The van der Waals surface area contributed by atoms with Gasteiger partial charge in [-0.25, -0.2) is 9.98 Å². The van der Waals surface area contributed by atoms with Gasteiger partial charge in [-0.05, 0) is 18.2 Å². The molecule has 1 aromatic heterocycles. The van der Waals surface area contributed by atoms with Crippen LogP contribution in [0.2, 0.25) is 0 Å². The van der Waals surface area contributed by atoms with Gasteiger partial charge in [0.2, 0.25) is 0 Å². The molecule has 114 valence electrons. The van der Waals surface area contributed by atoms with E-state index in [1.807, 2.05) is 36.4 Å². The summed E-state index contributed by atoms with van der Waals surface area (Å²) in [5.41, 5.74) is 1.61. The number of para-hydroxylation sites is 1. The van der Waals surface area contributed by atoms with E-state index in [-0.39, 0.29) is 5.75 Å². The summed E-state index contributed by atoms with van der Waals surface area (Å²) in [6.07, 6.45) is 3.35. The maximum atomic E-state index is 10.4. The van der Waals surface area contributed by atoms with E-state index < -0.39 is 0 Å². The van der Waals surface area contributed by atoms with E-state index >= 15 is 0 Å². The Kier molecular flexibility index (Phi) is 4.78. The van der Waals surface area contributed by atoms with Gasteiger partial charge in [-0.1, -0.05) is 18.2 Å². The maximum absolute atomic E-state index is 10.4. The fraction of sp³-hybridized carbons (Fsp3) is 0.294. The monoisotopic (exact) mass is 297 g/mol. The molecule has 0 amide bonds. The molecule has 1 fully saturated rings. The number of morpholine rings is 1. The highest BCUT2D eigenvalue weighted by Crippen LogP contribution is 2.23. The SMILES string of the molecule is Oc1c(C=Nc2ccccn2)cccc1CN1CCOCC1. The van der Waals surface area contributed by atoms with E-state index in [0.717, 1.165) is 38.4 Å². The first-order valence-corrected chi connectivity index (χ1v) is 7.39. The Hall–Kier alpha value is -2.24. The van der Waals surface area contributed by atoms with Crippen molar-refractivity contribution in [2.24, 2.45) is 4.99 Å². The Balaban J connectivity index is 1.75. The Morgan fingerprint density at radius 2 is 2.05 bits per heavy atom. The highest BCUT2D eigenvalue weighted by molar-refractivity contribution is 5.85. The number of aromatic hydroxyl groups is 1. The molecule has 0 radical (unpaired) electrons. The molecule has 1 saturated heterocycles. The molecule has 5 heteroatoms. The van der Waals surface area contributed by atoms with Gasteiger partial charge >= 0.3 is 0 Å². The molecule has 0 spiro atoms. The Labute approximate surface area is 129 Å². The Bertz CT molecular complexity index is 638. The fourth-order valence-corrected chi connectivity index (χ4v) is 2.41. The summed E-state index contributed by atoms with van der Waals surface area (Å²) in [6.45, 7) is 4.01. The predicted octanol–water partition coefficient (Wildman–Crippen LogP) is 2.37. The van der Waals surface area contributed by atoms with Crippen molar-refractivity contribution < 1.29 is 9.84 Å². The van der Waals surface area contributed by atoms with Gasteiger partial charge in [0.1, 0.15) is 5.75 Å². The largest absolute Gasteiger partial charge is 0.507 e. The number of ether oxygens (including phenoxy) is 1. The van der Waals surface area contributed by atoms with Gasteiger partial charge in [0, 0.05) is 43.2 Å². The van der Waals surface area contributed by atoms with Gasteiger partial charge in [-0.3, -0.25) is 4.90 Å². The number of aromatic nitrogens is 1. The van der Waals surface area contributed by atoms with E-state index in [1.165, 1.54) is 0 Å². The minimum absolute atomic E-state index is 0.286. The zero-order chi connectivity index (χ0) is 15.2. The van der Waals surface area contributed by atoms with E-state index in [4.69, 9.17) is 4.74 Å². The van der Waals surface area contributed by atoms with Crippen molar-refractivity contribution >= 4 is 12.0 Å². The van der Waals surface area contributed by atoms with Crippen LogP contribution in [0.3, 0.4) is 0 Å². The predicted molar refractivity (Wildman–Crippen MR) is 85.7 cm³/mol. The van der Waals surface area contributed by atoms with Crippen LogP contribution in [0.5, 0.6) is 5.75 Å². The smallest absolute Gasteiger partial charge is 0.151 e. The average molecular weight is 297 g/mol. The van der Waals surface area contributed by atoms with Crippen LogP contribution in [0.1, 0.15) is 11.1 Å². The molecule has 2 aromatic rings. The number of nitrogens with zero attached hydrogens (tertiary/aromatic N) is 3. The van der Waals surface area contributed by atoms with Crippen LogP contribution < -0.4 is 0 Å². The van der Waals surface area contributed by atoms with Gasteiger partial charge in [-0.15, -0.1) is 0 Å². The van der Waals surface area contributed by atoms with Crippen LogP contribution in [0.25, 0.3) is 0 Å². The maximum Gasteiger partial charge on any atom is 0.151 e. The van der Waals surface area contributed by atoms with Crippen LogP contribution >= 0.6 is 0 Å². The first-order chi connectivity index (χ1) is 10.8. The second kappa shape index (κ2) is 7.15. The second-order valence-electron chi connectivity index (χ2n) is 5.19. The first kappa shape index (κ1) is 14.7. The zero-order valence-electron chi connectivity index (χ0n) is 12.4. The second-order valence-corrected chi connectivity index (χ2v) is 5.19. The number of benzene rings is 1. The zero-order valence-corrected chi connectivity index (χ0v) is 12.4. The van der Waals surface area contributed by atoms with Crippen molar-refractivity contribution in [3.8, 4) is 5.75 Å². The molecular formula is C17H19N3O2. The van der Waals surface area contributed by atoms with Crippen LogP contribution in [-0.2, 0) is 11.3 Å². The van der Waals surface area contributed by atoms with Crippen LogP contribution in [0, 0.1) is 0 Å². The van der Waals surface area contributed by atoms with Crippen molar-refractivity contribution in [3.05, 3.63) is 53.7 Å². The Morgan fingerprint density at radius 3 is 2.82 bits per heavy atom. The van der Waals surface area contributed by atoms with E-state index in [2.05, 4.69) is 14.9 Å². The van der Waals surface area contributed by atoms with E-state index in [9.17, 15) is 5.11 Å². The molecule has 0 aliphatic carbocycles. The molecule has 0 unspecified atom stereocenters. The van der Waals surface area contributed by atoms with Crippen molar-refractivity contribution in [2.45, 2.75) is 6.54 Å². The number of phenols is 1. The number of phenolic OH excluding ortho intramolecular Hbond substituents is 1. The first-order valence-electron chi connectivity index (χ1n) is 7.39. The lowest BCUT2D eigenvalue weighted by molar-refractivity contribution is 0.0339. The molecule has 0 bridgehead atoms. The lowest BCUT2D eigenvalue weighted by atomic mass is 10.1. The topological polar surface area (TPSA) is 58.0 Å². The van der Waals surface area contributed by atoms with Crippen molar-refractivity contribution in [2.75, 3.05) is 26.3 Å². The Morgan fingerprint density at radius 1 is 1.18 bits per heavy atom. The molecule has 0 atom stereocenters. The average Bonchev–Trinajstić information content (AvgIpc) is 2.58. The third kappa shape index (κ3) is 3.69. The van der Waals surface area contributed by atoms with Crippen LogP contribution in [0.4, 0.5) is 5.82 Å². The molecule has 22 heavy (non-hydrogen) atoms. The van der Waals surface area contributed by atoms with Crippen molar-refractivity contribution in [1.82, 2.24) is 9.88 Å². The van der Waals surface area contributed by atoms with Gasteiger partial charge in [0.25, 0.3) is 0 Å².